The van der Waals surface area contributed by atoms with E-state index in [1.54, 1.807) is 0 Å². The Hall–Kier alpha value is -1.42. The van der Waals surface area contributed by atoms with Crippen LogP contribution in [0.2, 0.25) is 0 Å². The van der Waals surface area contributed by atoms with Gasteiger partial charge in [0.1, 0.15) is 11.6 Å². The van der Waals surface area contributed by atoms with E-state index in [2.05, 4.69) is 54.2 Å². The fraction of sp³-hybridized carbons (Fsp3) is 0.294. The van der Waals surface area contributed by atoms with Crippen LogP contribution in [-0.2, 0) is 12.0 Å². The van der Waals surface area contributed by atoms with E-state index >= 15 is 0 Å². The number of hydrogen-bond donors (Lipinski definition) is 1. The minimum absolute atomic E-state index is 0.104. The largest absolute Gasteiger partial charge is 0.379 e. The molecule has 21 heavy (non-hydrogen) atoms. The van der Waals surface area contributed by atoms with Crippen LogP contribution in [0.4, 0.5) is 14.5 Å². The van der Waals surface area contributed by atoms with Gasteiger partial charge >= 0.3 is 0 Å². The lowest BCUT2D eigenvalue weighted by atomic mass is 9.87. The number of hydrogen-bond acceptors (Lipinski definition) is 1. The van der Waals surface area contributed by atoms with Crippen molar-refractivity contribution in [2.45, 2.75) is 32.7 Å². The molecule has 0 aromatic heterocycles. The van der Waals surface area contributed by atoms with E-state index < -0.39 is 11.6 Å². The van der Waals surface area contributed by atoms with Crippen molar-refractivity contribution in [2.75, 3.05) is 5.32 Å². The van der Waals surface area contributed by atoms with Crippen molar-refractivity contribution in [3.8, 4) is 0 Å². The lowest BCUT2D eigenvalue weighted by molar-refractivity contribution is 0.590. The summed E-state index contributed by atoms with van der Waals surface area (Å²) in [6.45, 7) is 6.91. The van der Waals surface area contributed by atoms with E-state index in [9.17, 15) is 8.78 Å². The molecular weight excluding hydrogens is 336 g/mol. The van der Waals surface area contributed by atoms with E-state index in [1.807, 2.05) is 12.1 Å². The highest BCUT2D eigenvalue weighted by molar-refractivity contribution is 9.10. The van der Waals surface area contributed by atoms with Gasteiger partial charge in [-0.3, -0.25) is 0 Å². The van der Waals surface area contributed by atoms with Gasteiger partial charge in [0.25, 0.3) is 0 Å². The maximum absolute atomic E-state index is 13.7. The SMILES string of the molecule is CC(C)(C)c1ccc(CNc2cc(F)c(Br)cc2F)cc1. The molecular formula is C17H18BrF2N. The summed E-state index contributed by atoms with van der Waals surface area (Å²) in [6.07, 6.45) is 0. The molecule has 0 saturated carbocycles. The van der Waals surface area contributed by atoms with Crippen LogP contribution in [0.15, 0.2) is 40.9 Å². The number of nitrogens with one attached hydrogen (secondary N) is 1. The molecule has 0 unspecified atom stereocenters. The van der Waals surface area contributed by atoms with Crippen LogP contribution in [0.5, 0.6) is 0 Å². The highest BCUT2D eigenvalue weighted by Crippen LogP contribution is 2.25. The van der Waals surface area contributed by atoms with Gasteiger partial charge in [0.15, 0.2) is 0 Å². The van der Waals surface area contributed by atoms with Crippen molar-refractivity contribution in [1.29, 1.82) is 0 Å². The zero-order valence-electron chi connectivity index (χ0n) is 12.3. The number of halogens is 3. The smallest absolute Gasteiger partial charge is 0.147 e. The third-order valence-electron chi connectivity index (χ3n) is 3.31. The zero-order valence-corrected chi connectivity index (χ0v) is 13.9. The summed E-state index contributed by atoms with van der Waals surface area (Å²) in [5.74, 6) is -0.962. The van der Waals surface area contributed by atoms with Crippen LogP contribution >= 0.6 is 15.9 Å². The molecule has 0 saturated heterocycles. The zero-order chi connectivity index (χ0) is 15.6. The average Bonchev–Trinajstić information content (AvgIpc) is 2.41. The highest BCUT2D eigenvalue weighted by atomic mass is 79.9. The van der Waals surface area contributed by atoms with Crippen molar-refractivity contribution in [3.05, 3.63) is 63.6 Å². The van der Waals surface area contributed by atoms with Crippen molar-refractivity contribution < 1.29 is 8.78 Å². The van der Waals surface area contributed by atoms with E-state index in [-0.39, 0.29) is 15.6 Å². The molecule has 0 bridgehead atoms. The van der Waals surface area contributed by atoms with Crippen LogP contribution in [-0.4, -0.2) is 0 Å². The molecule has 0 radical (unpaired) electrons. The van der Waals surface area contributed by atoms with Crippen LogP contribution in [0.3, 0.4) is 0 Å². The molecule has 0 atom stereocenters. The lowest BCUT2D eigenvalue weighted by Gasteiger charge is -2.19. The fourth-order valence-corrected chi connectivity index (χ4v) is 2.29. The summed E-state index contributed by atoms with van der Waals surface area (Å²) in [4.78, 5) is 0. The molecule has 112 valence electrons. The van der Waals surface area contributed by atoms with E-state index in [1.165, 1.54) is 5.56 Å². The van der Waals surface area contributed by atoms with Crippen LogP contribution < -0.4 is 5.32 Å². The minimum Gasteiger partial charge on any atom is -0.379 e. The molecule has 1 N–H and O–H groups in total. The first-order valence-corrected chi connectivity index (χ1v) is 7.54. The summed E-state index contributed by atoms with van der Waals surface area (Å²) in [6, 6.07) is 10.4. The summed E-state index contributed by atoms with van der Waals surface area (Å²) < 4.78 is 27.2. The van der Waals surface area contributed by atoms with Gasteiger partial charge in [-0.1, -0.05) is 45.0 Å². The predicted molar refractivity (Wildman–Crippen MR) is 86.5 cm³/mol. The Labute approximate surface area is 132 Å². The average molecular weight is 354 g/mol. The van der Waals surface area contributed by atoms with Gasteiger partial charge in [-0.05, 0) is 38.5 Å². The van der Waals surface area contributed by atoms with Crippen molar-refractivity contribution in [1.82, 2.24) is 0 Å². The Morgan fingerprint density at radius 1 is 1.00 bits per heavy atom. The van der Waals surface area contributed by atoms with Gasteiger partial charge in [-0.25, -0.2) is 8.78 Å². The third kappa shape index (κ3) is 4.03. The van der Waals surface area contributed by atoms with Gasteiger partial charge < -0.3 is 5.32 Å². The quantitative estimate of drug-likeness (QED) is 0.704. The molecule has 2 aromatic rings. The molecule has 0 fully saturated rings. The maximum atomic E-state index is 13.7. The molecule has 0 amide bonds. The monoisotopic (exact) mass is 353 g/mol. The second kappa shape index (κ2) is 6.14. The molecule has 0 aliphatic heterocycles. The van der Waals surface area contributed by atoms with Gasteiger partial charge in [0.05, 0.1) is 10.2 Å². The standard InChI is InChI=1S/C17H18BrF2N/c1-17(2,3)12-6-4-11(5-7-12)10-21-16-9-14(19)13(18)8-15(16)20/h4-9,21H,10H2,1-3H3. The van der Waals surface area contributed by atoms with Crippen LogP contribution in [0.1, 0.15) is 31.9 Å². The number of benzene rings is 2. The first-order chi connectivity index (χ1) is 9.77. The highest BCUT2D eigenvalue weighted by Gasteiger charge is 2.13. The normalized spacial score (nSPS) is 11.5. The van der Waals surface area contributed by atoms with Crippen LogP contribution in [0.25, 0.3) is 0 Å². The molecule has 2 rings (SSSR count). The molecule has 4 heteroatoms. The number of rotatable bonds is 3. The Bertz CT molecular complexity index is 630. The summed E-state index contributed by atoms with van der Waals surface area (Å²) >= 11 is 2.96. The van der Waals surface area contributed by atoms with E-state index in [0.29, 0.717) is 6.54 Å². The topological polar surface area (TPSA) is 12.0 Å². The minimum atomic E-state index is -0.484. The van der Waals surface area contributed by atoms with E-state index in [4.69, 9.17) is 0 Å². The van der Waals surface area contributed by atoms with Gasteiger partial charge in [0.2, 0.25) is 0 Å². The second-order valence-electron chi connectivity index (χ2n) is 6.05. The Balaban J connectivity index is 2.08. The molecule has 1 nitrogen and oxygen atoms in total. The first kappa shape index (κ1) is 16.0. The van der Waals surface area contributed by atoms with Crippen LogP contribution in [0, 0.1) is 11.6 Å². The second-order valence-corrected chi connectivity index (χ2v) is 6.90. The Morgan fingerprint density at radius 3 is 2.19 bits per heavy atom. The lowest BCUT2D eigenvalue weighted by Crippen LogP contribution is -2.11. The van der Waals surface area contributed by atoms with E-state index in [0.717, 1.165) is 17.7 Å². The number of anilines is 1. The van der Waals surface area contributed by atoms with Crippen molar-refractivity contribution in [2.24, 2.45) is 0 Å². The van der Waals surface area contributed by atoms with Gasteiger partial charge in [-0.2, -0.15) is 0 Å². The Kier molecular flexibility index (Phi) is 4.67. The fourth-order valence-electron chi connectivity index (χ4n) is 1.98. The predicted octanol–water partition coefficient (Wildman–Crippen LogP) is 5.64. The van der Waals surface area contributed by atoms with Crippen molar-refractivity contribution in [3.63, 3.8) is 0 Å². The molecule has 2 aromatic carbocycles. The van der Waals surface area contributed by atoms with Crippen molar-refractivity contribution >= 4 is 21.6 Å². The molecule has 0 heterocycles. The molecule has 0 spiro atoms. The summed E-state index contributed by atoms with van der Waals surface area (Å²) in [5.41, 5.74) is 2.53. The summed E-state index contributed by atoms with van der Waals surface area (Å²) in [7, 11) is 0. The third-order valence-corrected chi connectivity index (χ3v) is 3.92. The molecule has 0 aliphatic rings. The van der Waals surface area contributed by atoms with Gasteiger partial charge in [-0.15, -0.1) is 0 Å². The maximum Gasteiger partial charge on any atom is 0.147 e. The first-order valence-electron chi connectivity index (χ1n) is 6.75. The Morgan fingerprint density at radius 2 is 1.62 bits per heavy atom. The van der Waals surface area contributed by atoms with Gasteiger partial charge in [0, 0.05) is 12.6 Å². The summed E-state index contributed by atoms with van der Waals surface area (Å²) in [5, 5.41) is 2.92. The molecule has 0 aliphatic carbocycles.